The van der Waals surface area contributed by atoms with Crippen LogP contribution in [0.3, 0.4) is 0 Å². The molecule has 4 nitrogen and oxygen atoms in total. The first kappa shape index (κ1) is 16.1. The smallest absolute Gasteiger partial charge is 0.270 e. The van der Waals surface area contributed by atoms with Gasteiger partial charge in [-0.25, -0.2) is 0 Å². The summed E-state index contributed by atoms with van der Waals surface area (Å²) in [4.78, 5) is 11.0. The maximum atomic E-state index is 11.3. The van der Waals surface area contributed by atoms with E-state index in [1.165, 1.54) is 16.3 Å². The third kappa shape index (κ3) is 2.44. The van der Waals surface area contributed by atoms with Crippen LogP contribution >= 0.6 is 0 Å². The molecule has 0 bridgehead atoms. The van der Waals surface area contributed by atoms with Crippen molar-refractivity contribution in [2.75, 3.05) is 5.32 Å². The number of nitrogens with one attached hydrogen (secondary N) is 1. The summed E-state index contributed by atoms with van der Waals surface area (Å²) in [5.41, 5.74) is 4.51. The van der Waals surface area contributed by atoms with E-state index in [9.17, 15) is 10.1 Å². The number of hydrogen-bond donors (Lipinski definition) is 1. The number of benzene rings is 3. The number of hydrogen-bond acceptors (Lipinski definition) is 3. The highest BCUT2D eigenvalue weighted by molar-refractivity contribution is 5.87. The fraction of sp³-hybridized carbons (Fsp3) is 0.217. The van der Waals surface area contributed by atoms with Gasteiger partial charge in [0.2, 0.25) is 0 Å². The SMILES string of the molecule is Cc1cc([N+](=O)[O-])cc2c1N[C@H](c1cccc3ccccc13)[C@@H]1CC=C[C@@H]21. The van der Waals surface area contributed by atoms with Gasteiger partial charge in [-0.05, 0) is 46.7 Å². The summed E-state index contributed by atoms with van der Waals surface area (Å²) in [6.45, 7) is 1.96. The Labute approximate surface area is 157 Å². The number of allylic oxidation sites excluding steroid dienone is 2. The second-order valence-electron chi connectivity index (χ2n) is 7.53. The summed E-state index contributed by atoms with van der Waals surface area (Å²) in [5.74, 6) is 0.577. The van der Waals surface area contributed by atoms with Gasteiger partial charge in [-0.3, -0.25) is 10.1 Å². The average Bonchev–Trinajstić information content (AvgIpc) is 3.17. The van der Waals surface area contributed by atoms with Gasteiger partial charge in [-0.15, -0.1) is 0 Å². The van der Waals surface area contributed by atoms with Crippen LogP contribution in [0.25, 0.3) is 10.8 Å². The van der Waals surface area contributed by atoms with Crippen molar-refractivity contribution in [1.29, 1.82) is 0 Å². The molecule has 134 valence electrons. The van der Waals surface area contributed by atoms with Gasteiger partial charge in [0.1, 0.15) is 0 Å². The highest BCUT2D eigenvalue weighted by Gasteiger charge is 2.39. The molecule has 0 saturated heterocycles. The van der Waals surface area contributed by atoms with Crippen molar-refractivity contribution < 1.29 is 4.92 Å². The summed E-state index contributed by atoms with van der Waals surface area (Å²) >= 11 is 0. The second-order valence-corrected chi connectivity index (χ2v) is 7.53. The molecule has 1 aliphatic carbocycles. The van der Waals surface area contributed by atoms with Gasteiger partial charge < -0.3 is 5.32 Å². The van der Waals surface area contributed by atoms with Crippen molar-refractivity contribution in [3.8, 4) is 0 Å². The van der Waals surface area contributed by atoms with Gasteiger partial charge in [0, 0.05) is 23.7 Å². The number of nitro groups is 1. The van der Waals surface area contributed by atoms with Crippen LogP contribution in [0, 0.1) is 23.0 Å². The number of fused-ring (bicyclic) bond motifs is 4. The molecule has 0 spiro atoms. The van der Waals surface area contributed by atoms with Crippen LogP contribution in [0.4, 0.5) is 11.4 Å². The molecule has 0 amide bonds. The number of nitrogens with zero attached hydrogens (tertiary/aromatic N) is 1. The van der Waals surface area contributed by atoms with E-state index in [0.717, 1.165) is 23.2 Å². The molecular weight excluding hydrogens is 336 g/mol. The first-order valence-corrected chi connectivity index (χ1v) is 9.33. The third-order valence-electron chi connectivity index (χ3n) is 6.02. The maximum Gasteiger partial charge on any atom is 0.270 e. The quantitative estimate of drug-likeness (QED) is 0.354. The van der Waals surface area contributed by atoms with Gasteiger partial charge in [-0.2, -0.15) is 0 Å². The van der Waals surface area contributed by atoms with E-state index in [1.54, 1.807) is 12.1 Å². The average molecular weight is 356 g/mol. The molecular formula is C23H20N2O2. The molecule has 1 heterocycles. The molecule has 27 heavy (non-hydrogen) atoms. The number of aryl methyl sites for hydroxylation is 1. The fourth-order valence-corrected chi connectivity index (χ4v) is 4.80. The van der Waals surface area contributed by atoms with Gasteiger partial charge >= 0.3 is 0 Å². The maximum absolute atomic E-state index is 11.3. The van der Waals surface area contributed by atoms with E-state index in [-0.39, 0.29) is 22.6 Å². The van der Waals surface area contributed by atoms with Gasteiger partial charge in [0.25, 0.3) is 5.69 Å². The summed E-state index contributed by atoms with van der Waals surface area (Å²) in [6.07, 6.45) is 5.43. The van der Waals surface area contributed by atoms with E-state index in [1.807, 2.05) is 6.92 Å². The lowest BCUT2D eigenvalue weighted by atomic mass is 9.75. The molecule has 0 saturated carbocycles. The molecule has 3 aromatic carbocycles. The summed E-state index contributed by atoms with van der Waals surface area (Å²) in [5, 5.41) is 17.6. The molecule has 5 rings (SSSR count). The van der Waals surface area contributed by atoms with E-state index in [4.69, 9.17) is 0 Å². The Morgan fingerprint density at radius 1 is 1.07 bits per heavy atom. The Bertz CT molecular complexity index is 1100. The topological polar surface area (TPSA) is 55.2 Å². The predicted octanol–water partition coefficient (Wildman–Crippen LogP) is 5.88. The van der Waals surface area contributed by atoms with Crippen molar-refractivity contribution >= 4 is 22.1 Å². The van der Waals surface area contributed by atoms with Crippen LogP contribution in [0.15, 0.2) is 66.7 Å². The summed E-state index contributed by atoms with van der Waals surface area (Å²) in [6, 6.07) is 18.6. The predicted molar refractivity (Wildman–Crippen MR) is 108 cm³/mol. The first-order chi connectivity index (χ1) is 13.1. The van der Waals surface area contributed by atoms with Crippen LogP contribution in [-0.4, -0.2) is 4.92 Å². The minimum Gasteiger partial charge on any atom is -0.377 e. The standard InChI is InChI=1S/C23H20N2O2/c1-14-12-16(25(26)27)13-21-18-9-5-11-20(18)23(24-22(14)21)19-10-4-7-15-6-2-3-8-17(15)19/h2-10,12-13,18,20,23-24H,11H2,1H3/t18-,20-,23-/m1/s1. The second kappa shape index (κ2) is 5.95. The Morgan fingerprint density at radius 2 is 1.89 bits per heavy atom. The third-order valence-corrected chi connectivity index (χ3v) is 6.02. The minimum atomic E-state index is -0.294. The Morgan fingerprint density at radius 3 is 2.74 bits per heavy atom. The van der Waals surface area contributed by atoms with Crippen LogP contribution in [-0.2, 0) is 0 Å². The van der Waals surface area contributed by atoms with Crippen molar-refractivity contribution in [2.24, 2.45) is 5.92 Å². The lowest BCUT2D eigenvalue weighted by Gasteiger charge is -2.38. The summed E-state index contributed by atoms with van der Waals surface area (Å²) < 4.78 is 0. The van der Waals surface area contributed by atoms with Gasteiger partial charge in [-0.1, -0.05) is 54.6 Å². The molecule has 4 heteroatoms. The Hall–Kier alpha value is -3.14. The monoisotopic (exact) mass is 356 g/mol. The van der Waals surface area contributed by atoms with Gasteiger partial charge in [0.15, 0.2) is 0 Å². The molecule has 0 radical (unpaired) electrons. The molecule has 3 atom stereocenters. The van der Waals surface area contributed by atoms with Crippen LogP contribution < -0.4 is 5.32 Å². The van der Waals surface area contributed by atoms with Crippen molar-refractivity contribution in [3.05, 3.63) is 93.6 Å². The highest BCUT2D eigenvalue weighted by Crippen LogP contribution is 2.52. The zero-order chi connectivity index (χ0) is 18.5. The van der Waals surface area contributed by atoms with E-state index in [0.29, 0.717) is 5.92 Å². The van der Waals surface area contributed by atoms with Crippen molar-refractivity contribution in [1.82, 2.24) is 0 Å². The first-order valence-electron chi connectivity index (χ1n) is 9.33. The lowest BCUT2D eigenvalue weighted by Crippen LogP contribution is -2.29. The highest BCUT2D eigenvalue weighted by atomic mass is 16.6. The molecule has 2 aliphatic rings. The molecule has 1 aliphatic heterocycles. The lowest BCUT2D eigenvalue weighted by molar-refractivity contribution is -0.385. The van der Waals surface area contributed by atoms with Crippen LogP contribution in [0.1, 0.15) is 35.1 Å². The number of non-ortho nitro benzene ring substituents is 1. The number of rotatable bonds is 2. The number of anilines is 1. The van der Waals surface area contributed by atoms with Crippen LogP contribution in [0.5, 0.6) is 0 Å². The summed E-state index contributed by atoms with van der Waals surface area (Å²) in [7, 11) is 0. The molecule has 0 aromatic heterocycles. The van der Waals surface area contributed by atoms with E-state index >= 15 is 0 Å². The Balaban J connectivity index is 1.68. The largest absolute Gasteiger partial charge is 0.377 e. The Kier molecular flexibility index (Phi) is 3.54. The zero-order valence-electron chi connectivity index (χ0n) is 15.1. The minimum absolute atomic E-state index is 0.177. The fourth-order valence-electron chi connectivity index (χ4n) is 4.80. The molecule has 0 fully saturated rings. The van der Waals surface area contributed by atoms with Crippen LogP contribution in [0.2, 0.25) is 0 Å². The molecule has 0 unspecified atom stereocenters. The van der Waals surface area contributed by atoms with E-state index < -0.39 is 0 Å². The molecule has 1 N–H and O–H groups in total. The molecule has 3 aromatic rings. The number of nitro benzene ring substituents is 1. The van der Waals surface area contributed by atoms with E-state index in [2.05, 4.69) is 59.9 Å². The van der Waals surface area contributed by atoms with Crippen molar-refractivity contribution in [3.63, 3.8) is 0 Å². The zero-order valence-corrected chi connectivity index (χ0v) is 15.1. The van der Waals surface area contributed by atoms with Gasteiger partial charge in [0.05, 0.1) is 11.0 Å². The normalized spacial score (nSPS) is 22.9. The van der Waals surface area contributed by atoms with Crippen molar-refractivity contribution in [2.45, 2.75) is 25.3 Å².